The lowest BCUT2D eigenvalue weighted by Crippen LogP contribution is -2.30. The van der Waals surface area contributed by atoms with Crippen molar-refractivity contribution in [1.29, 1.82) is 0 Å². The van der Waals surface area contributed by atoms with Crippen LogP contribution in [0.4, 0.5) is 0 Å². The van der Waals surface area contributed by atoms with E-state index in [4.69, 9.17) is 9.26 Å². The zero-order valence-corrected chi connectivity index (χ0v) is 12.7. The van der Waals surface area contributed by atoms with Gasteiger partial charge in [0.05, 0.1) is 18.8 Å². The number of ether oxygens (including phenoxy) is 1. The van der Waals surface area contributed by atoms with Crippen LogP contribution in [0.5, 0.6) is 0 Å². The maximum absolute atomic E-state index is 5.25. The Morgan fingerprint density at radius 1 is 1.38 bits per heavy atom. The molecule has 0 saturated carbocycles. The highest BCUT2D eigenvalue weighted by molar-refractivity contribution is 4.97. The molecule has 0 aliphatic heterocycles. The number of likely N-dealkylation sites (N-methyl/N-ethyl adjacent to an activating group) is 1. The molecule has 0 unspecified atom stereocenters. The van der Waals surface area contributed by atoms with E-state index in [1.165, 1.54) is 0 Å². The van der Waals surface area contributed by atoms with Crippen molar-refractivity contribution in [2.24, 2.45) is 0 Å². The maximum Gasteiger partial charge on any atom is 0.240 e. The molecule has 1 atom stereocenters. The number of hydrogen-bond acceptors (Lipinski definition) is 7. The second kappa shape index (κ2) is 7.80. The van der Waals surface area contributed by atoms with Gasteiger partial charge in [0.15, 0.2) is 5.82 Å². The highest BCUT2D eigenvalue weighted by atomic mass is 16.5. The van der Waals surface area contributed by atoms with Gasteiger partial charge in [-0.05, 0) is 14.0 Å². The van der Waals surface area contributed by atoms with Crippen LogP contribution in [0.25, 0.3) is 0 Å². The Labute approximate surface area is 124 Å². The molecule has 0 fully saturated rings. The second-order valence-electron chi connectivity index (χ2n) is 5.01. The fraction of sp³-hybridized carbons (Fsp3) is 0.571. The number of hydrogen-bond donors (Lipinski definition) is 0. The Bertz CT molecular complexity index is 531. The quantitative estimate of drug-likeness (QED) is 0.721. The molecule has 2 rings (SSSR count). The van der Waals surface area contributed by atoms with Gasteiger partial charge in [0.1, 0.15) is 0 Å². The summed E-state index contributed by atoms with van der Waals surface area (Å²) < 4.78 is 10.2. The first-order valence-corrected chi connectivity index (χ1v) is 6.94. The van der Waals surface area contributed by atoms with Gasteiger partial charge in [0.2, 0.25) is 5.89 Å². The van der Waals surface area contributed by atoms with Gasteiger partial charge in [-0.25, -0.2) is 0 Å². The monoisotopic (exact) mass is 291 g/mol. The molecule has 7 nitrogen and oxygen atoms in total. The van der Waals surface area contributed by atoms with Gasteiger partial charge in [-0.15, -0.1) is 0 Å². The van der Waals surface area contributed by atoms with E-state index in [1.54, 1.807) is 25.7 Å². The minimum atomic E-state index is 0.302. The minimum Gasteiger partial charge on any atom is -0.384 e. The molecule has 2 aromatic heterocycles. The Hall–Kier alpha value is -1.86. The Morgan fingerprint density at radius 2 is 2.24 bits per heavy atom. The van der Waals surface area contributed by atoms with Crippen molar-refractivity contribution in [1.82, 2.24) is 25.0 Å². The minimum absolute atomic E-state index is 0.302. The SMILES string of the molecule is COCCc1noc(CN(C)[C@H](C)Cc2cnccn2)n1. The summed E-state index contributed by atoms with van der Waals surface area (Å²) in [5.74, 6) is 1.30. The number of methoxy groups -OCH3 is 1. The fourth-order valence-electron chi connectivity index (χ4n) is 1.91. The average molecular weight is 291 g/mol. The number of aromatic nitrogens is 4. The van der Waals surface area contributed by atoms with Crippen LogP contribution in [0.15, 0.2) is 23.1 Å². The van der Waals surface area contributed by atoms with Gasteiger partial charge in [-0.2, -0.15) is 4.98 Å². The van der Waals surface area contributed by atoms with Gasteiger partial charge >= 0.3 is 0 Å². The van der Waals surface area contributed by atoms with Gasteiger partial charge in [-0.1, -0.05) is 5.16 Å². The van der Waals surface area contributed by atoms with Crippen molar-refractivity contribution in [3.05, 3.63) is 36.0 Å². The molecule has 0 aliphatic carbocycles. The van der Waals surface area contributed by atoms with E-state index in [1.807, 2.05) is 7.05 Å². The van der Waals surface area contributed by atoms with Crippen LogP contribution in [0, 0.1) is 0 Å². The highest BCUT2D eigenvalue weighted by Crippen LogP contribution is 2.08. The van der Waals surface area contributed by atoms with Crippen LogP contribution >= 0.6 is 0 Å². The van der Waals surface area contributed by atoms with Crippen molar-refractivity contribution >= 4 is 0 Å². The molecule has 114 valence electrons. The van der Waals surface area contributed by atoms with Crippen LogP contribution in [0.1, 0.15) is 24.3 Å². The third-order valence-electron chi connectivity index (χ3n) is 3.30. The van der Waals surface area contributed by atoms with Crippen molar-refractivity contribution in [3.8, 4) is 0 Å². The Kier molecular flexibility index (Phi) is 5.77. The molecule has 0 radical (unpaired) electrons. The summed E-state index contributed by atoms with van der Waals surface area (Å²) in [6, 6.07) is 0.302. The summed E-state index contributed by atoms with van der Waals surface area (Å²) in [4.78, 5) is 14.9. The molecule has 0 N–H and O–H groups in total. The summed E-state index contributed by atoms with van der Waals surface area (Å²) in [7, 11) is 3.68. The van der Waals surface area contributed by atoms with Gasteiger partial charge in [0.25, 0.3) is 0 Å². The molecule has 0 aromatic carbocycles. The first-order chi connectivity index (χ1) is 10.2. The summed E-state index contributed by atoms with van der Waals surface area (Å²) in [5, 5.41) is 3.93. The molecule has 0 bridgehead atoms. The molecule has 21 heavy (non-hydrogen) atoms. The first-order valence-electron chi connectivity index (χ1n) is 6.94. The number of rotatable bonds is 8. The predicted molar refractivity (Wildman–Crippen MR) is 76.5 cm³/mol. The highest BCUT2D eigenvalue weighted by Gasteiger charge is 2.15. The van der Waals surface area contributed by atoms with E-state index in [9.17, 15) is 0 Å². The fourth-order valence-corrected chi connectivity index (χ4v) is 1.91. The van der Waals surface area contributed by atoms with Crippen molar-refractivity contribution in [2.45, 2.75) is 32.4 Å². The molecule has 7 heteroatoms. The lowest BCUT2D eigenvalue weighted by Gasteiger charge is -2.22. The van der Waals surface area contributed by atoms with Crippen LogP contribution < -0.4 is 0 Å². The van der Waals surface area contributed by atoms with E-state index in [0.717, 1.165) is 12.1 Å². The Morgan fingerprint density at radius 3 is 2.95 bits per heavy atom. The summed E-state index contributed by atoms with van der Waals surface area (Å²) in [6.45, 7) is 3.34. The lowest BCUT2D eigenvalue weighted by atomic mass is 10.1. The topological polar surface area (TPSA) is 77.2 Å². The zero-order valence-electron chi connectivity index (χ0n) is 12.7. The van der Waals surface area contributed by atoms with E-state index in [2.05, 4.69) is 31.9 Å². The van der Waals surface area contributed by atoms with Crippen LogP contribution in [0.3, 0.4) is 0 Å². The normalized spacial score (nSPS) is 12.8. The van der Waals surface area contributed by atoms with Crippen molar-refractivity contribution in [2.75, 3.05) is 20.8 Å². The molecule has 2 aromatic rings. The van der Waals surface area contributed by atoms with E-state index in [0.29, 0.717) is 37.3 Å². The molecule has 0 saturated heterocycles. The second-order valence-corrected chi connectivity index (χ2v) is 5.01. The molecule has 0 aliphatic rings. The molecular weight excluding hydrogens is 270 g/mol. The van der Waals surface area contributed by atoms with Crippen LogP contribution in [-0.4, -0.2) is 51.8 Å². The third-order valence-corrected chi connectivity index (χ3v) is 3.30. The molecule has 0 amide bonds. The predicted octanol–water partition coefficient (Wildman–Crippen LogP) is 1.11. The average Bonchev–Trinajstić information content (AvgIpc) is 2.93. The number of nitrogens with zero attached hydrogens (tertiary/aromatic N) is 5. The largest absolute Gasteiger partial charge is 0.384 e. The van der Waals surface area contributed by atoms with E-state index >= 15 is 0 Å². The lowest BCUT2D eigenvalue weighted by molar-refractivity contribution is 0.199. The molecule has 2 heterocycles. The van der Waals surface area contributed by atoms with Gasteiger partial charge in [-0.3, -0.25) is 14.9 Å². The first kappa shape index (κ1) is 15.5. The standard InChI is InChI=1S/C14H21N5O2/c1-11(8-12-9-15-5-6-16-12)19(2)10-14-17-13(18-21-14)4-7-20-3/h5-6,9,11H,4,7-8,10H2,1-3H3/t11-/m1/s1. The third kappa shape index (κ3) is 4.87. The van der Waals surface area contributed by atoms with E-state index in [-0.39, 0.29) is 0 Å². The van der Waals surface area contributed by atoms with Crippen molar-refractivity contribution < 1.29 is 9.26 Å². The van der Waals surface area contributed by atoms with Crippen molar-refractivity contribution in [3.63, 3.8) is 0 Å². The Balaban J connectivity index is 1.85. The summed E-state index contributed by atoms with van der Waals surface area (Å²) in [6.07, 6.45) is 6.67. The van der Waals surface area contributed by atoms with Crippen LogP contribution in [-0.2, 0) is 24.1 Å². The molecule has 0 spiro atoms. The molecular formula is C14H21N5O2. The van der Waals surface area contributed by atoms with Crippen LogP contribution in [0.2, 0.25) is 0 Å². The summed E-state index contributed by atoms with van der Waals surface area (Å²) in [5.41, 5.74) is 0.975. The maximum atomic E-state index is 5.25. The van der Waals surface area contributed by atoms with Gasteiger partial charge in [0, 0.05) is 44.6 Å². The van der Waals surface area contributed by atoms with Gasteiger partial charge < -0.3 is 9.26 Å². The summed E-state index contributed by atoms with van der Waals surface area (Å²) >= 11 is 0. The van der Waals surface area contributed by atoms with E-state index < -0.39 is 0 Å². The smallest absolute Gasteiger partial charge is 0.240 e. The zero-order chi connectivity index (χ0) is 15.1.